The van der Waals surface area contributed by atoms with Crippen LogP contribution >= 0.6 is 0 Å². The highest BCUT2D eigenvalue weighted by Gasteiger charge is 2.02. The van der Waals surface area contributed by atoms with Gasteiger partial charge < -0.3 is 10.8 Å². The van der Waals surface area contributed by atoms with Crippen LogP contribution in [-0.2, 0) is 6.54 Å². The summed E-state index contributed by atoms with van der Waals surface area (Å²) in [6.45, 7) is 0.718. The highest BCUT2D eigenvalue weighted by atomic mass is 16.3. The van der Waals surface area contributed by atoms with Crippen molar-refractivity contribution >= 4 is 5.91 Å². The number of hydrogen-bond donors (Lipinski definition) is 2. The second kappa shape index (κ2) is 3.87. The van der Waals surface area contributed by atoms with Gasteiger partial charge in [-0.3, -0.25) is 9.48 Å². The molecular formula is C7H11N3O2. The third kappa shape index (κ3) is 2.06. The molecule has 0 spiro atoms. The first-order valence-corrected chi connectivity index (χ1v) is 3.67. The van der Waals surface area contributed by atoms with Gasteiger partial charge in [-0.25, -0.2) is 0 Å². The molecule has 3 N–H and O–H groups in total. The molecule has 0 aromatic carbocycles. The van der Waals surface area contributed by atoms with E-state index in [0.717, 1.165) is 0 Å². The summed E-state index contributed by atoms with van der Waals surface area (Å²) in [4.78, 5) is 10.6. The molecule has 1 heterocycles. The third-order valence-electron chi connectivity index (χ3n) is 1.46. The molecule has 5 heteroatoms. The van der Waals surface area contributed by atoms with Crippen LogP contribution in [-0.4, -0.2) is 27.4 Å². The minimum atomic E-state index is -0.481. The fourth-order valence-electron chi connectivity index (χ4n) is 0.846. The molecule has 1 amide bonds. The fraction of sp³-hybridized carbons (Fsp3) is 0.429. The van der Waals surface area contributed by atoms with Crippen LogP contribution in [0.5, 0.6) is 0 Å². The van der Waals surface area contributed by atoms with Gasteiger partial charge in [-0.1, -0.05) is 0 Å². The quantitative estimate of drug-likeness (QED) is 0.629. The monoisotopic (exact) mass is 169 g/mol. The number of primary amides is 1. The van der Waals surface area contributed by atoms with Crippen LogP contribution in [0.1, 0.15) is 16.8 Å². The summed E-state index contributed by atoms with van der Waals surface area (Å²) in [7, 11) is 0. The number of aryl methyl sites for hydroxylation is 1. The summed E-state index contributed by atoms with van der Waals surface area (Å²) in [5.74, 6) is -0.481. The minimum absolute atomic E-state index is 0.117. The third-order valence-corrected chi connectivity index (χ3v) is 1.46. The minimum Gasteiger partial charge on any atom is -0.396 e. The Morgan fingerprint density at radius 1 is 1.75 bits per heavy atom. The Morgan fingerprint density at radius 2 is 2.50 bits per heavy atom. The summed E-state index contributed by atoms with van der Waals surface area (Å²) < 4.78 is 1.58. The summed E-state index contributed by atoms with van der Waals surface area (Å²) in [5, 5.41) is 12.4. The van der Waals surface area contributed by atoms with Crippen LogP contribution in [0.4, 0.5) is 0 Å². The Balaban J connectivity index is 2.58. The van der Waals surface area contributed by atoms with Crippen molar-refractivity contribution in [1.29, 1.82) is 0 Å². The average molecular weight is 169 g/mol. The number of carbonyl (C=O) groups is 1. The molecule has 1 aromatic rings. The molecule has 0 aliphatic carbocycles. The zero-order valence-electron chi connectivity index (χ0n) is 6.60. The van der Waals surface area contributed by atoms with E-state index in [2.05, 4.69) is 5.10 Å². The van der Waals surface area contributed by atoms with Gasteiger partial charge in [-0.15, -0.1) is 0 Å². The lowest BCUT2D eigenvalue weighted by molar-refractivity contribution is 0.1000. The molecule has 0 saturated carbocycles. The van der Waals surface area contributed by atoms with Gasteiger partial charge in [0.15, 0.2) is 0 Å². The first-order valence-electron chi connectivity index (χ1n) is 3.67. The predicted octanol–water partition coefficient (Wildman–Crippen LogP) is -0.636. The van der Waals surface area contributed by atoms with Crippen molar-refractivity contribution in [3.63, 3.8) is 0 Å². The Bertz CT molecular complexity index is 269. The van der Waals surface area contributed by atoms with Gasteiger partial charge in [-0.2, -0.15) is 5.10 Å². The Kier molecular flexibility index (Phi) is 2.82. The number of nitrogens with zero attached hydrogens (tertiary/aromatic N) is 2. The number of aromatic nitrogens is 2. The Morgan fingerprint density at radius 3 is 3.00 bits per heavy atom. The molecule has 0 unspecified atom stereocenters. The molecule has 1 aromatic heterocycles. The molecule has 5 nitrogen and oxygen atoms in total. The number of hydrogen-bond acceptors (Lipinski definition) is 3. The maximum Gasteiger partial charge on any atom is 0.251 e. The van der Waals surface area contributed by atoms with Gasteiger partial charge >= 0.3 is 0 Å². The SMILES string of the molecule is NC(=O)c1cnn(CCCO)c1. The Labute approximate surface area is 69.8 Å². The molecule has 0 aliphatic heterocycles. The van der Waals surface area contributed by atoms with Crippen molar-refractivity contribution in [1.82, 2.24) is 9.78 Å². The highest BCUT2D eigenvalue weighted by molar-refractivity contribution is 5.92. The van der Waals surface area contributed by atoms with Crippen LogP contribution in [0.25, 0.3) is 0 Å². The van der Waals surface area contributed by atoms with Gasteiger partial charge in [0.1, 0.15) is 0 Å². The van der Waals surface area contributed by atoms with Gasteiger partial charge in [0.25, 0.3) is 5.91 Å². The maximum absolute atomic E-state index is 10.6. The van der Waals surface area contributed by atoms with Gasteiger partial charge in [0.2, 0.25) is 0 Å². The maximum atomic E-state index is 10.6. The molecule has 1 rings (SSSR count). The van der Waals surface area contributed by atoms with E-state index < -0.39 is 5.91 Å². The first-order chi connectivity index (χ1) is 5.74. The normalized spacial score (nSPS) is 10.1. The molecule has 0 fully saturated rings. The van der Waals surface area contributed by atoms with Crippen LogP contribution in [0.3, 0.4) is 0 Å². The number of aliphatic hydroxyl groups excluding tert-OH is 1. The number of amides is 1. The lowest BCUT2D eigenvalue weighted by atomic mass is 10.3. The smallest absolute Gasteiger partial charge is 0.251 e. The lowest BCUT2D eigenvalue weighted by Gasteiger charge is -1.96. The Hall–Kier alpha value is -1.36. The van der Waals surface area contributed by atoms with Crippen LogP contribution in [0.15, 0.2) is 12.4 Å². The number of aliphatic hydroxyl groups is 1. The standard InChI is InChI=1S/C7H11N3O2/c8-7(12)6-4-9-10(5-6)2-1-3-11/h4-5,11H,1-3H2,(H2,8,12). The first kappa shape index (κ1) is 8.73. The summed E-state index contributed by atoms with van der Waals surface area (Å²) in [6, 6.07) is 0. The average Bonchev–Trinajstić information content (AvgIpc) is 2.48. The topological polar surface area (TPSA) is 81.1 Å². The van der Waals surface area contributed by atoms with E-state index in [0.29, 0.717) is 18.5 Å². The fourth-order valence-corrected chi connectivity index (χ4v) is 0.846. The van der Waals surface area contributed by atoms with Crippen molar-refractivity contribution in [3.8, 4) is 0 Å². The van der Waals surface area contributed by atoms with E-state index in [9.17, 15) is 4.79 Å². The van der Waals surface area contributed by atoms with Crippen LogP contribution < -0.4 is 5.73 Å². The van der Waals surface area contributed by atoms with E-state index in [1.165, 1.54) is 6.20 Å². The van der Waals surface area contributed by atoms with E-state index in [1.807, 2.05) is 0 Å². The molecule has 0 bridgehead atoms. The van der Waals surface area contributed by atoms with Crippen LogP contribution in [0.2, 0.25) is 0 Å². The molecule has 0 aliphatic rings. The van der Waals surface area contributed by atoms with Crippen molar-refractivity contribution in [2.24, 2.45) is 5.73 Å². The van der Waals surface area contributed by atoms with E-state index >= 15 is 0 Å². The van der Waals surface area contributed by atoms with Crippen LogP contribution in [0, 0.1) is 0 Å². The number of rotatable bonds is 4. The molecule has 0 saturated heterocycles. The second-order valence-electron chi connectivity index (χ2n) is 2.43. The molecule has 0 radical (unpaired) electrons. The van der Waals surface area contributed by atoms with Crippen molar-refractivity contribution < 1.29 is 9.90 Å². The van der Waals surface area contributed by atoms with Crippen molar-refractivity contribution in [3.05, 3.63) is 18.0 Å². The summed E-state index contributed by atoms with van der Waals surface area (Å²) in [6.07, 6.45) is 3.61. The van der Waals surface area contributed by atoms with E-state index in [1.54, 1.807) is 10.9 Å². The molecule has 12 heavy (non-hydrogen) atoms. The van der Waals surface area contributed by atoms with Gasteiger partial charge in [0, 0.05) is 19.3 Å². The summed E-state index contributed by atoms with van der Waals surface area (Å²) in [5.41, 5.74) is 5.41. The molecular weight excluding hydrogens is 158 g/mol. The van der Waals surface area contributed by atoms with Gasteiger partial charge in [0.05, 0.1) is 11.8 Å². The number of carbonyl (C=O) groups excluding carboxylic acids is 1. The second-order valence-corrected chi connectivity index (χ2v) is 2.43. The molecule has 0 atom stereocenters. The largest absolute Gasteiger partial charge is 0.396 e. The lowest BCUT2D eigenvalue weighted by Crippen LogP contribution is -2.09. The van der Waals surface area contributed by atoms with Crippen molar-refractivity contribution in [2.45, 2.75) is 13.0 Å². The summed E-state index contributed by atoms with van der Waals surface area (Å²) >= 11 is 0. The highest BCUT2D eigenvalue weighted by Crippen LogP contribution is 1.96. The predicted molar refractivity (Wildman–Crippen MR) is 42.4 cm³/mol. The number of nitrogens with two attached hydrogens (primary N) is 1. The molecule has 66 valence electrons. The zero-order chi connectivity index (χ0) is 8.97. The van der Waals surface area contributed by atoms with E-state index in [4.69, 9.17) is 10.8 Å². The van der Waals surface area contributed by atoms with Gasteiger partial charge in [-0.05, 0) is 6.42 Å². The van der Waals surface area contributed by atoms with E-state index in [-0.39, 0.29) is 6.61 Å². The van der Waals surface area contributed by atoms with Crippen molar-refractivity contribution in [2.75, 3.05) is 6.61 Å². The zero-order valence-corrected chi connectivity index (χ0v) is 6.60.